The maximum atomic E-state index is 15.5. The summed E-state index contributed by atoms with van der Waals surface area (Å²) in [6, 6.07) is 13.1. The van der Waals surface area contributed by atoms with E-state index in [4.69, 9.17) is 9.47 Å². The van der Waals surface area contributed by atoms with Crippen molar-refractivity contribution < 1.29 is 36.9 Å². The van der Waals surface area contributed by atoms with E-state index in [-0.39, 0.29) is 47.4 Å². The van der Waals surface area contributed by atoms with Gasteiger partial charge in [-0.15, -0.1) is 0 Å². The van der Waals surface area contributed by atoms with Gasteiger partial charge in [0.05, 0.1) is 47.3 Å². The molecule has 6 aromatic rings. The summed E-state index contributed by atoms with van der Waals surface area (Å²) in [5.41, 5.74) is 2.16. The van der Waals surface area contributed by atoms with Crippen molar-refractivity contribution in [2.75, 3.05) is 6.61 Å². The highest BCUT2D eigenvalue weighted by Gasteiger charge is 2.24. The maximum Gasteiger partial charge on any atom is 0.335 e. The molecule has 0 radical (unpaired) electrons. The lowest BCUT2D eigenvalue weighted by molar-refractivity contribution is -0.0589. The fourth-order valence-corrected chi connectivity index (χ4v) is 5.30. The highest BCUT2D eigenvalue weighted by molar-refractivity contribution is 5.92. The van der Waals surface area contributed by atoms with Crippen molar-refractivity contribution in [1.82, 2.24) is 34.1 Å². The van der Waals surface area contributed by atoms with E-state index >= 15 is 8.78 Å². The Kier molecular flexibility index (Phi) is 7.89. The van der Waals surface area contributed by atoms with E-state index in [0.29, 0.717) is 46.1 Å². The van der Waals surface area contributed by atoms with Crippen LogP contribution in [-0.4, -0.2) is 57.9 Å². The number of benzene rings is 2. The lowest BCUT2D eigenvalue weighted by Crippen LogP contribution is -2.31. The van der Waals surface area contributed by atoms with Gasteiger partial charge in [-0.1, -0.05) is 6.07 Å². The number of imidazole rings is 1. The number of ether oxygens (including phenoxy) is 2. The van der Waals surface area contributed by atoms with E-state index in [0.717, 1.165) is 24.8 Å². The van der Waals surface area contributed by atoms with Crippen LogP contribution in [0.1, 0.15) is 40.4 Å². The van der Waals surface area contributed by atoms with Crippen molar-refractivity contribution in [2.24, 2.45) is 0 Å². The lowest BCUT2D eigenvalue weighted by atomic mass is 10.0. The lowest BCUT2D eigenvalue weighted by Gasteiger charge is -2.27. The predicted molar refractivity (Wildman–Crippen MR) is 158 cm³/mol. The Morgan fingerprint density at radius 3 is 2.68 bits per heavy atom. The van der Waals surface area contributed by atoms with E-state index in [1.54, 1.807) is 35.0 Å². The molecular weight excluding hydrogens is 622 g/mol. The first-order valence-electron chi connectivity index (χ1n) is 14.5. The van der Waals surface area contributed by atoms with Gasteiger partial charge in [0, 0.05) is 30.9 Å². The first-order chi connectivity index (χ1) is 22.7. The van der Waals surface area contributed by atoms with E-state index in [9.17, 15) is 18.7 Å². The van der Waals surface area contributed by atoms with Gasteiger partial charge in [0.1, 0.15) is 35.4 Å². The zero-order valence-corrected chi connectivity index (χ0v) is 24.4. The SMILES string of the molecule is O=C(O)c1ccc2nc(Cc3cc(F)c(-c4cccc(OCc5ccn(-c6cnn(C(F)F)c6)n5)n4)cc3F)n(C[C@@H]3CCO3)c2c1. The monoisotopic (exact) mass is 647 g/mol. The van der Waals surface area contributed by atoms with Crippen LogP contribution in [0.3, 0.4) is 0 Å². The summed E-state index contributed by atoms with van der Waals surface area (Å²) >= 11 is 0. The molecule has 1 saturated heterocycles. The van der Waals surface area contributed by atoms with Crippen molar-refractivity contribution >= 4 is 17.0 Å². The molecule has 15 heteroatoms. The van der Waals surface area contributed by atoms with Crippen LogP contribution in [0, 0.1) is 11.6 Å². The number of aromatic nitrogens is 7. The first-order valence-corrected chi connectivity index (χ1v) is 14.5. The molecule has 1 atom stereocenters. The summed E-state index contributed by atoms with van der Waals surface area (Å²) in [6.45, 7) is -1.77. The molecule has 4 aromatic heterocycles. The van der Waals surface area contributed by atoms with Gasteiger partial charge < -0.3 is 19.1 Å². The van der Waals surface area contributed by atoms with Crippen molar-refractivity contribution in [3.8, 4) is 22.8 Å². The van der Waals surface area contributed by atoms with E-state index < -0.39 is 24.2 Å². The van der Waals surface area contributed by atoms with Crippen LogP contribution in [0.4, 0.5) is 17.6 Å². The van der Waals surface area contributed by atoms with Crippen molar-refractivity contribution in [1.29, 1.82) is 0 Å². The largest absolute Gasteiger partial charge is 0.478 e. The molecule has 1 aliphatic heterocycles. The molecule has 0 amide bonds. The molecular formula is C32H25F4N7O4. The summed E-state index contributed by atoms with van der Waals surface area (Å²) < 4.78 is 71.7. The molecule has 11 nitrogen and oxygen atoms in total. The molecule has 7 rings (SSSR count). The fraction of sp³-hybridized carbons (Fsp3) is 0.219. The molecule has 1 fully saturated rings. The predicted octanol–water partition coefficient (Wildman–Crippen LogP) is 5.81. The summed E-state index contributed by atoms with van der Waals surface area (Å²) in [7, 11) is 0. The van der Waals surface area contributed by atoms with Crippen LogP contribution >= 0.6 is 0 Å². The second-order valence-electron chi connectivity index (χ2n) is 10.9. The molecule has 1 aliphatic rings. The minimum atomic E-state index is -2.77. The Morgan fingerprint density at radius 1 is 1.09 bits per heavy atom. The number of halogens is 4. The van der Waals surface area contributed by atoms with E-state index in [2.05, 4.69) is 20.2 Å². The Labute approximate surface area is 263 Å². The van der Waals surface area contributed by atoms with Crippen LogP contribution < -0.4 is 4.74 Å². The minimum Gasteiger partial charge on any atom is -0.478 e. The molecule has 2 aromatic carbocycles. The van der Waals surface area contributed by atoms with Gasteiger partial charge in [-0.25, -0.2) is 32.9 Å². The van der Waals surface area contributed by atoms with Crippen LogP contribution in [0.5, 0.6) is 5.88 Å². The zero-order valence-electron chi connectivity index (χ0n) is 24.4. The highest BCUT2D eigenvalue weighted by atomic mass is 19.3. The number of carboxylic acid groups (broad SMARTS) is 1. The number of hydrogen-bond acceptors (Lipinski definition) is 7. The van der Waals surface area contributed by atoms with Gasteiger partial charge in [-0.05, 0) is 54.4 Å². The molecule has 0 aliphatic carbocycles. The number of aromatic carboxylic acids is 1. The van der Waals surface area contributed by atoms with Gasteiger partial charge in [0.2, 0.25) is 5.88 Å². The standard InChI is InChI=1S/C32H25F4N7O4/c33-24-13-23(26-2-1-3-30(39-26)47-17-20-6-8-42(40-20)21-14-37-43(15-21)32(35)36)25(34)10-19(24)12-29-38-27-5-4-18(31(44)45)11-28(27)41(29)16-22-7-9-46-22/h1-6,8,10-11,13-15,22,32H,7,9,12,16-17H2,(H,44,45)/t22-/m0/s1. The second-order valence-corrected chi connectivity index (χ2v) is 10.9. The molecule has 240 valence electrons. The van der Waals surface area contributed by atoms with Crippen LogP contribution in [0.15, 0.2) is 73.2 Å². The smallest absolute Gasteiger partial charge is 0.335 e. The number of nitrogens with zero attached hydrogens (tertiary/aromatic N) is 7. The average molecular weight is 648 g/mol. The van der Waals surface area contributed by atoms with Gasteiger partial charge in [-0.2, -0.15) is 19.0 Å². The number of carboxylic acids is 1. The molecule has 0 bridgehead atoms. The van der Waals surface area contributed by atoms with Gasteiger partial charge >= 0.3 is 12.5 Å². The topological polar surface area (TPSA) is 122 Å². The average Bonchev–Trinajstić information content (AvgIpc) is 3.78. The second kappa shape index (κ2) is 12.3. The molecule has 0 saturated carbocycles. The molecule has 0 unspecified atom stereocenters. The van der Waals surface area contributed by atoms with Gasteiger partial charge in [0.25, 0.3) is 0 Å². The number of carbonyl (C=O) groups is 1. The van der Waals surface area contributed by atoms with Crippen LogP contribution in [0.25, 0.3) is 28.0 Å². The zero-order chi connectivity index (χ0) is 32.7. The number of rotatable bonds is 11. The van der Waals surface area contributed by atoms with E-state index in [1.165, 1.54) is 29.1 Å². The van der Waals surface area contributed by atoms with Gasteiger partial charge in [0.15, 0.2) is 0 Å². The van der Waals surface area contributed by atoms with Crippen molar-refractivity contribution in [3.63, 3.8) is 0 Å². The highest BCUT2D eigenvalue weighted by Crippen LogP contribution is 2.29. The first kappa shape index (κ1) is 30.1. The summed E-state index contributed by atoms with van der Waals surface area (Å²) in [4.78, 5) is 20.5. The number of fused-ring (bicyclic) bond motifs is 1. The number of hydrogen-bond donors (Lipinski definition) is 1. The molecule has 1 N–H and O–H groups in total. The summed E-state index contributed by atoms with van der Waals surface area (Å²) in [6.07, 6.45) is 4.68. The van der Waals surface area contributed by atoms with Gasteiger partial charge in [-0.3, -0.25) is 0 Å². The summed E-state index contributed by atoms with van der Waals surface area (Å²) in [5.74, 6) is -1.86. The Balaban J connectivity index is 1.09. The molecule has 0 spiro atoms. The third-order valence-electron chi connectivity index (χ3n) is 7.80. The third-order valence-corrected chi connectivity index (χ3v) is 7.80. The summed E-state index contributed by atoms with van der Waals surface area (Å²) in [5, 5.41) is 17.4. The maximum absolute atomic E-state index is 15.5. The fourth-order valence-electron chi connectivity index (χ4n) is 5.30. The van der Waals surface area contributed by atoms with Crippen LogP contribution in [0.2, 0.25) is 0 Å². The minimum absolute atomic E-state index is 0.0247. The van der Waals surface area contributed by atoms with Crippen molar-refractivity contribution in [2.45, 2.75) is 38.6 Å². The van der Waals surface area contributed by atoms with Crippen LogP contribution in [-0.2, 0) is 24.3 Å². The normalized spacial score (nSPS) is 14.5. The number of alkyl halides is 2. The Bertz CT molecular complexity index is 2100. The third kappa shape index (κ3) is 6.16. The Hall–Kier alpha value is -5.57. The number of pyridine rings is 1. The Morgan fingerprint density at radius 2 is 1.94 bits per heavy atom. The quantitative estimate of drug-likeness (QED) is 0.175. The van der Waals surface area contributed by atoms with E-state index in [1.807, 2.05) is 0 Å². The van der Waals surface area contributed by atoms with Crippen molar-refractivity contribution in [3.05, 3.63) is 107 Å². The molecule has 5 heterocycles. The molecule has 47 heavy (non-hydrogen) atoms.